The second-order valence-corrected chi connectivity index (χ2v) is 5.36. The zero-order valence-electron chi connectivity index (χ0n) is 14.1. The smallest absolute Gasteiger partial charge is 0.265 e. The largest absolute Gasteiger partial charge is 0.493 e. The number of carbonyl (C=O) groups is 1. The topological polar surface area (TPSA) is 47.6 Å². The molecule has 0 spiro atoms. The molecule has 0 aliphatic rings. The molecular formula is C19H23NO3. The molecule has 0 saturated carbocycles. The van der Waals surface area contributed by atoms with E-state index in [0.717, 1.165) is 23.2 Å². The molecule has 1 amide bonds. The number of benzene rings is 2. The van der Waals surface area contributed by atoms with Crippen molar-refractivity contribution in [2.75, 3.05) is 12.4 Å². The van der Waals surface area contributed by atoms with Crippen molar-refractivity contribution in [3.05, 3.63) is 53.6 Å². The van der Waals surface area contributed by atoms with E-state index in [4.69, 9.17) is 9.47 Å². The number of hydrogen-bond donors (Lipinski definition) is 1. The molecule has 0 heterocycles. The molecule has 0 fully saturated rings. The molecule has 0 aliphatic carbocycles. The van der Waals surface area contributed by atoms with E-state index in [1.54, 1.807) is 26.2 Å². The van der Waals surface area contributed by atoms with Crippen molar-refractivity contribution in [2.45, 2.75) is 33.3 Å². The predicted molar refractivity (Wildman–Crippen MR) is 92.3 cm³/mol. The van der Waals surface area contributed by atoms with Gasteiger partial charge in [0.1, 0.15) is 0 Å². The van der Waals surface area contributed by atoms with Crippen LogP contribution >= 0.6 is 0 Å². The summed E-state index contributed by atoms with van der Waals surface area (Å²) in [5, 5.41) is 2.98. The summed E-state index contributed by atoms with van der Waals surface area (Å²) in [6.07, 6.45) is 0.231. The molecule has 4 heteroatoms. The van der Waals surface area contributed by atoms with Crippen molar-refractivity contribution in [3.63, 3.8) is 0 Å². The third kappa shape index (κ3) is 4.03. The van der Waals surface area contributed by atoms with Crippen LogP contribution in [0.3, 0.4) is 0 Å². The Labute approximate surface area is 137 Å². The molecule has 0 bridgehead atoms. The summed E-state index contributed by atoms with van der Waals surface area (Å²) in [4.78, 5) is 12.5. The van der Waals surface area contributed by atoms with Gasteiger partial charge in [-0.05, 0) is 43.5 Å². The van der Waals surface area contributed by atoms with Gasteiger partial charge in [0.25, 0.3) is 5.91 Å². The standard InChI is InChI=1S/C19H23NO3/c1-5-15-10-8-9-13(2)18(15)20-19(21)14(3)23-17-12-7-6-11-16(17)22-4/h6-12,14H,5H2,1-4H3,(H,20,21)/t14-/m1/s1. The third-order valence-corrected chi connectivity index (χ3v) is 3.73. The Morgan fingerprint density at radius 1 is 1.13 bits per heavy atom. The minimum atomic E-state index is -0.629. The number of rotatable bonds is 6. The van der Waals surface area contributed by atoms with E-state index >= 15 is 0 Å². The molecule has 23 heavy (non-hydrogen) atoms. The number of para-hydroxylation sites is 3. The molecule has 122 valence electrons. The summed E-state index contributed by atoms with van der Waals surface area (Å²) in [7, 11) is 1.58. The van der Waals surface area contributed by atoms with Crippen LogP contribution in [0, 0.1) is 6.92 Å². The monoisotopic (exact) mass is 313 g/mol. The maximum atomic E-state index is 12.5. The summed E-state index contributed by atoms with van der Waals surface area (Å²) < 4.78 is 11.0. The molecule has 1 atom stereocenters. The van der Waals surface area contributed by atoms with Crippen molar-refractivity contribution in [1.29, 1.82) is 0 Å². The first-order valence-corrected chi connectivity index (χ1v) is 7.75. The van der Waals surface area contributed by atoms with Crippen molar-refractivity contribution < 1.29 is 14.3 Å². The number of hydrogen-bond acceptors (Lipinski definition) is 3. The quantitative estimate of drug-likeness (QED) is 0.877. The van der Waals surface area contributed by atoms with E-state index in [1.807, 2.05) is 37.3 Å². The van der Waals surface area contributed by atoms with Gasteiger partial charge in [0.2, 0.25) is 0 Å². The normalized spacial score (nSPS) is 11.7. The summed E-state index contributed by atoms with van der Waals surface area (Å²) in [6, 6.07) is 13.3. The molecule has 0 aliphatic heterocycles. The number of carbonyl (C=O) groups excluding carboxylic acids is 1. The van der Waals surface area contributed by atoms with Crippen molar-refractivity contribution in [2.24, 2.45) is 0 Å². The van der Waals surface area contributed by atoms with Crippen LogP contribution in [-0.4, -0.2) is 19.1 Å². The van der Waals surface area contributed by atoms with Crippen LogP contribution in [0.25, 0.3) is 0 Å². The van der Waals surface area contributed by atoms with Crippen molar-refractivity contribution >= 4 is 11.6 Å². The molecule has 2 aromatic carbocycles. The lowest BCUT2D eigenvalue weighted by molar-refractivity contribution is -0.122. The van der Waals surface area contributed by atoms with Crippen LogP contribution in [0.15, 0.2) is 42.5 Å². The van der Waals surface area contributed by atoms with Crippen LogP contribution in [0.2, 0.25) is 0 Å². The van der Waals surface area contributed by atoms with Gasteiger partial charge in [0.05, 0.1) is 7.11 Å². The van der Waals surface area contributed by atoms with E-state index in [9.17, 15) is 4.79 Å². The second-order valence-electron chi connectivity index (χ2n) is 5.36. The number of aryl methyl sites for hydroxylation is 2. The lowest BCUT2D eigenvalue weighted by atomic mass is 10.1. The Bertz CT molecular complexity index is 682. The molecule has 2 aromatic rings. The maximum absolute atomic E-state index is 12.5. The Kier molecular flexibility index (Phi) is 5.63. The third-order valence-electron chi connectivity index (χ3n) is 3.73. The van der Waals surface area contributed by atoms with Gasteiger partial charge in [-0.25, -0.2) is 0 Å². The summed E-state index contributed by atoms with van der Waals surface area (Å²) in [5.41, 5.74) is 3.03. The first kappa shape index (κ1) is 16.9. The fourth-order valence-corrected chi connectivity index (χ4v) is 2.39. The van der Waals surface area contributed by atoms with Gasteiger partial charge < -0.3 is 14.8 Å². The van der Waals surface area contributed by atoms with Crippen LogP contribution in [0.4, 0.5) is 5.69 Å². The Morgan fingerprint density at radius 3 is 2.48 bits per heavy atom. The first-order chi connectivity index (χ1) is 11.1. The second kappa shape index (κ2) is 7.68. The van der Waals surface area contributed by atoms with E-state index in [2.05, 4.69) is 12.2 Å². The number of nitrogens with one attached hydrogen (secondary N) is 1. The molecule has 0 saturated heterocycles. The lowest BCUT2D eigenvalue weighted by Gasteiger charge is -2.18. The zero-order valence-corrected chi connectivity index (χ0v) is 14.1. The van der Waals surface area contributed by atoms with Crippen LogP contribution in [-0.2, 0) is 11.2 Å². The molecule has 4 nitrogen and oxygen atoms in total. The number of anilines is 1. The summed E-state index contributed by atoms with van der Waals surface area (Å²) in [5.74, 6) is 0.982. The van der Waals surface area contributed by atoms with Gasteiger partial charge in [-0.1, -0.05) is 37.3 Å². The molecule has 0 unspecified atom stereocenters. The Morgan fingerprint density at radius 2 is 1.83 bits per heavy atom. The molecule has 0 aromatic heterocycles. The van der Waals surface area contributed by atoms with Gasteiger partial charge in [-0.3, -0.25) is 4.79 Å². The van der Waals surface area contributed by atoms with Gasteiger partial charge >= 0.3 is 0 Å². The van der Waals surface area contributed by atoms with Crippen molar-refractivity contribution in [1.82, 2.24) is 0 Å². The minimum absolute atomic E-state index is 0.181. The lowest BCUT2D eigenvalue weighted by Crippen LogP contribution is -2.30. The molecular weight excluding hydrogens is 290 g/mol. The van der Waals surface area contributed by atoms with Gasteiger partial charge in [0.15, 0.2) is 17.6 Å². The van der Waals surface area contributed by atoms with Crippen LogP contribution < -0.4 is 14.8 Å². The van der Waals surface area contributed by atoms with E-state index < -0.39 is 6.10 Å². The molecule has 2 rings (SSSR count). The summed E-state index contributed by atoms with van der Waals surface area (Å²) in [6.45, 7) is 5.78. The van der Waals surface area contributed by atoms with Gasteiger partial charge in [0, 0.05) is 5.69 Å². The zero-order chi connectivity index (χ0) is 16.8. The summed E-state index contributed by atoms with van der Waals surface area (Å²) >= 11 is 0. The SMILES string of the molecule is CCc1cccc(C)c1NC(=O)[C@@H](C)Oc1ccccc1OC. The number of ether oxygens (including phenoxy) is 2. The molecule has 1 N–H and O–H groups in total. The minimum Gasteiger partial charge on any atom is -0.493 e. The maximum Gasteiger partial charge on any atom is 0.265 e. The fourth-order valence-electron chi connectivity index (χ4n) is 2.39. The van der Waals surface area contributed by atoms with Crippen LogP contribution in [0.5, 0.6) is 11.5 Å². The van der Waals surface area contributed by atoms with Crippen LogP contribution in [0.1, 0.15) is 25.0 Å². The average molecular weight is 313 g/mol. The highest BCUT2D eigenvalue weighted by Crippen LogP contribution is 2.27. The highest BCUT2D eigenvalue weighted by molar-refractivity contribution is 5.95. The van der Waals surface area contributed by atoms with Gasteiger partial charge in [-0.15, -0.1) is 0 Å². The highest BCUT2D eigenvalue weighted by atomic mass is 16.5. The highest BCUT2D eigenvalue weighted by Gasteiger charge is 2.18. The molecule has 0 radical (unpaired) electrons. The Balaban J connectivity index is 2.12. The Hall–Kier alpha value is -2.49. The van der Waals surface area contributed by atoms with Crippen molar-refractivity contribution in [3.8, 4) is 11.5 Å². The average Bonchev–Trinajstić information content (AvgIpc) is 2.57. The number of methoxy groups -OCH3 is 1. The fraction of sp³-hybridized carbons (Fsp3) is 0.316. The van der Waals surface area contributed by atoms with E-state index in [0.29, 0.717) is 11.5 Å². The first-order valence-electron chi connectivity index (χ1n) is 7.75. The van der Waals surface area contributed by atoms with E-state index in [1.165, 1.54) is 0 Å². The number of amides is 1. The predicted octanol–water partition coefficient (Wildman–Crippen LogP) is 3.97. The van der Waals surface area contributed by atoms with Gasteiger partial charge in [-0.2, -0.15) is 0 Å². The van der Waals surface area contributed by atoms with E-state index in [-0.39, 0.29) is 5.91 Å².